The second-order valence-electron chi connectivity index (χ2n) is 5.56. The van der Waals surface area contributed by atoms with Crippen LogP contribution >= 0.6 is 0 Å². The van der Waals surface area contributed by atoms with Crippen molar-refractivity contribution in [3.05, 3.63) is 35.9 Å². The Kier molecular flexibility index (Phi) is 6.50. The summed E-state index contributed by atoms with van der Waals surface area (Å²) in [7, 11) is 0. The zero-order chi connectivity index (χ0) is 14.9. The highest BCUT2D eigenvalue weighted by atomic mass is 15.3. The fraction of sp³-hybridized carbons (Fsp3) is 0.562. The number of guanidine groups is 1. The van der Waals surface area contributed by atoms with Gasteiger partial charge in [-0.1, -0.05) is 37.3 Å². The lowest BCUT2D eigenvalue weighted by Crippen LogP contribution is -2.50. The lowest BCUT2D eigenvalue weighted by molar-refractivity contribution is 0.198. The summed E-state index contributed by atoms with van der Waals surface area (Å²) in [5.41, 5.74) is 4.05. The van der Waals surface area contributed by atoms with Crippen molar-refractivity contribution in [1.29, 1.82) is 0 Å². The molecule has 1 aliphatic heterocycles. The molecule has 116 valence electrons. The van der Waals surface area contributed by atoms with Gasteiger partial charge in [-0.3, -0.25) is 15.3 Å². The third-order valence-corrected chi connectivity index (χ3v) is 3.81. The number of likely N-dealkylation sites (tertiary alicyclic amines) is 1. The van der Waals surface area contributed by atoms with Gasteiger partial charge < -0.3 is 5.32 Å². The van der Waals surface area contributed by atoms with Gasteiger partial charge in [-0.2, -0.15) is 0 Å². The summed E-state index contributed by atoms with van der Waals surface area (Å²) < 4.78 is 0. The minimum atomic E-state index is 0.462. The molecule has 21 heavy (non-hydrogen) atoms. The molecule has 0 aromatic heterocycles. The molecule has 0 radical (unpaired) electrons. The molecule has 0 atom stereocenters. The highest BCUT2D eigenvalue weighted by molar-refractivity contribution is 5.79. The minimum Gasteiger partial charge on any atom is -0.353 e. The number of hydrogen-bond donors (Lipinski definition) is 3. The Hall–Kier alpha value is -1.59. The molecule has 2 rings (SSSR count). The number of rotatable bonds is 5. The van der Waals surface area contributed by atoms with Gasteiger partial charge in [0, 0.05) is 32.2 Å². The maximum Gasteiger partial charge on any atom is 0.205 e. The van der Waals surface area contributed by atoms with E-state index in [4.69, 9.17) is 5.84 Å². The lowest BCUT2D eigenvalue weighted by atomic mass is 10.0. The van der Waals surface area contributed by atoms with Crippen molar-refractivity contribution in [2.75, 3.05) is 19.6 Å². The Balaban J connectivity index is 1.75. The summed E-state index contributed by atoms with van der Waals surface area (Å²) in [5, 5.41) is 3.41. The molecule has 0 unspecified atom stereocenters. The number of nitrogens with one attached hydrogen (secondary N) is 2. The number of hydrazine groups is 1. The monoisotopic (exact) mass is 289 g/mol. The number of piperidine rings is 1. The van der Waals surface area contributed by atoms with E-state index >= 15 is 0 Å². The van der Waals surface area contributed by atoms with Crippen molar-refractivity contribution in [2.24, 2.45) is 10.8 Å². The molecule has 5 nitrogen and oxygen atoms in total. The molecule has 1 aliphatic rings. The van der Waals surface area contributed by atoms with Crippen LogP contribution in [-0.4, -0.2) is 36.5 Å². The Labute approximate surface area is 127 Å². The molecule has 1 heterocycles. The molecule has 4 N–H and O–H groups in total. The van der Waals surface area contributed by atoms with Crippen molar-refractivity contribution in [2.45, 2.75) is 38.8 Å². The van der Waals surface area contributed by atoms with E-state index in [2.05, 4.69) is 57.9 Å². The van der Waals surface area contributed by atoms with E-state index in [9.17, 15) is 0 Å². The molecular formula is C16H27N5. The van der Waals surface area contributed by atoms with Gasteiger partial charge in [0.15, 0.2) is 0 Å². The van der Waals surface area contributed by atoms with Gasteiger partial charge >= 0.3 is 0 Å². The van der Waals surface area contributed by atoms with E-state index in [0.29, 0.717) is 6.04 Å². The molecule has 0 amide bonds. The Morgan fingerprint density at radius 2 is 2.00 bits per heavy atom. The summed E-state index contributed by atoms with van der Waals surface area (Å²) in [6.07, 6.45) is 3.28. The van der Waals surface area contributed by atoms with Crippen LogP contribution in [0.5, 0.6) is 0 Å². The van der Waals surface area contributed by atoms with E-state index in [1.54, 1.807) is 0 Å². The summed E-state index contributed by atoms with van der Waals surface area (Å²) in [4.78, 5) is 6.90. The van der Waals surface area contributed by atoms with Crippen LogP contribution in [0.3, 0.4) is 0 Å². The smallest absolute Gasteiger partial charge is 0.205 e. The molecule has 5 heteroatoms. The predicted molar refractivity (Wildman–Crippen MR) is 87.8 cm³/mol. The Morgan fingerprint density at radius 1 is 1.29 bits per heavy atom. The SMILES string of the molecule is CCCN=C(NN)NC1CCN(Cc2ccccc2)CC1. The summed E-state index contributed by atoms with van der Waals surface area (Å²) in [5.74, 6) is 6.23. The number of aliphatic imine (C=N–C) groups is 1. The maximum absolute atomic E-state index is 5.51. The first-order chi connectivity index (χ1) is 10.3. The molecule has 1 aromatic rings. The van der Waals surface area contributed by atoms with Crippen LogP contribution < -0.4 is 16.6 Å². The normalized spacial score (nSPS) is 17.7. The van der Waals surface area contributed by atoms with Crippen molar-refractivity contribution in [3.63, 3.8) is 0 Å². The van der Waals surface area contributed by atoms with Crippen molar-refractivity contribution in [3.8, 4) is 0 Å². The summed E-state index contributed by atoms with van der Waals surface area (Å²) >= 11 is 0. The number of nitrogens with two attached hydrogens (primary N) is 1. The molecule has 0 spiro atoms. The molecule has 0 aliphatic carbocycles. The van der Waals surface area contributed by atoms with Gasteiger partial charge in [0.25, 0.3) is 0 Å². The van der Waals surface area contributed by atoms with Gasteiger partial charge in [-0.05, 0) is 24.8 Å². The average molecular weight is 289 g/mol. The highest BCUT2D eigenvalue weighted by Gasteiger charge is 2.19. The zero-order valence-corrected chi connectivity index (χ0v) is 12.9. The average Bonchev–Trinajstić information content (AvgIpc) is 2.54. The van der Waals surface area contributed by atoms with E-state index in [0.717, 1.165) is 51.4 Å². The second kappa shape index (κ2) is 8.64. The van der Waals surface area contributed by atoms with Crippen LogP contribution in [0.4, 0.5) is 0 Å². The molecular weight excluding hydrogens is 262 g/mol. The zero-order valence-electron chi connectivity index (χ0n) is 12.9. The van der Waals surface area contributed by atoms with Crippen LogP contribution in [0, 0.1) is 0 Å². The van der Waals surface area contributed by atoms with Crippen molar-refractivity contribution >= 4 is 5.96 Å². The fourth-order valence-corrected chi connectivity index (χ4v) is 2.63. The predicted octanol–water partition coefficient (Wildman–Crippen LogP) is 1.47. The molecule has 0 bridgehead atoms. The van der Waals surface area contributed by atoms with Crippen molar-refractivity contribution in [1.82, 2.24) is 15.6 Å². The van der Waals surface area contributed by atoms with E-state index in [1.165, 1.54) is 5.56 Å². The van der Waals surface area contributed by atoms with E-state index < -0.39 is 0 Å². The van der Waals surface area contributed by atoms with Gasteiger partial charge in [0.05, 0.1) is 0 Å². The van der Waals surface area contributed by atoms with E-state index in [-0.39, 0.29) is 0 Å². The fourth-order valence-electron chi connectivity index (χ4n) is 2.63. The third-order valence-electron chi connectivity index (χ3n) is 3.81. The van der Waals surface area contributed by atoms with Gasteiger partial charge in [-0.25, -0.2) is 5.84 Å². The largest absolute Gasteiger partial charge is 0.353 e. The quantitative estimate of drug-likeness (QED) is 0.332. The Morgan fingerprint density at radius 3 is 2.62 bits per heavy atom. The first kappa shape index (κ1) is 15.8. The number of hydrogen-bond acceptors (Lipinski definition) is 3. The third kappa shape index (κ3) is 5.36. The van der Waals surface area contributed by atoms with Crippen LogP contribution in [0.2, 0.25) is 0 Å². The van der Waals surface area contributed by atoms with Gasteiger partial charge in [0.1, 0.15) is 0 Å². The topological polar surface area (TPSA) is 65.7 Å². The highest BCUT2D eigenvalue weighted by Crippen LogP contribution is 2.13. The molecule has 1 saturated heterocycles. The van der Waals surface area contributed by atoms with Gasteiger partial charge in [-0.15, -0.1) is 0 Å². The summed E-state index contributed by atoms with van der Waals surface area (Å²) in [6, 6.07) is 11.1. The van der Waals surface area contributed by atoms with Crippen LogP contribution in [-0.2, 0) is 6.54 Å². The number of benzene rings is 1. The Bertz CT molecular complexity index is 424. The maximum atomic E-state index is 5.51. The van der Waals surface area contributed by atoms with Crippen molar-refractivity contribution < 1.29 is 0 Å². The second-order valence-corrected chi connectivity index (χ2v) is 5.56. The van der Waals surface area contributed by atoms with E-state index in [1.807, 2.05) is 0 Å². The standard InChI is InChI=1S/C16H27N5/c1-2-10-18-16(20-17)19-15-8-11-21(12-9-15)13-14-6-4-3-5-7-14/h3-7,15H,2,8-13,17H2,1H3,(H2,18,19,20). The minimum absolute atomic E-state index is 0.462. The number of nitrogens with zero attached hydrogens (tertiary/aromatic N) is 2. The van der Waals surface area contributed by atoms with Gasteiger partial charge in [0.2, 0.25) is 5.96 Å². The van der Waals surface area contributed by atoms with Crippen LogP contribution in [0.25, 0.3) is 0 Å². The van der Waals surface area contributed by atoms with Crippen LogP contribution in [0.1, 0.15) is 31.7 Å². The first-order valence-corrected chi connectivity index (χ1v) is 7.85. The van der Waals surface area contributed by atoms with Crippen LogP contribution in [0.15, 0.2) is 35.3 Å². The summed E-state index contributed by atoms with van der Waals surface area (Å²) in [6.45, 7) is 6.18. The molecule has 0 saturated carbocycles. The first-order valence-electron chi connectivity index (χ1n) is 7.85. The lowest BCUT2D eigenvalue weighted by Gasteiger charge is -2.32. The molecule has 1 fully saturated rings. The molecule has 1 aromatic carbocycles.